The molecule has 14 heteroatoms. The van der Waals surface area contributed by atoms with Crippen molar-refractivity contribution in [2.24, 2.45) is 11.0 Å². The number of hydrogen-bond donors (Lipinski definition) is 3. The molecule has 2 aliphatic rings. The summed E-state index contributed by atoms with van der Waals surface area (Å²) in [6.07, 6.45) is 10.1. The minimum absolute atomic E-state index is 0.00695. The number of Topliss-reactive ketones (excluding diaryl/α,β-unsaturated/α-hetero) is 1. The van der Waals surface area contributed by atoms with Crippen LogP contribution in [0.3, 0.4) is 0 Å². The predicted molar refractivity (Wildman–Crippen MR) is 173 cm³/mol. The van der Waals surface area contributed by atoms with Crippen molar-refractivity contribution in [3.05, 3.63) is 23.2 Å². The van der Waals surface area contributed by atoms with E-state index in [0.717, 1.165) is 19.3 Å². The fourth-order valence-electron chi connectivity index (χ4n) is 5.48. The highest BCUT2D eigenvalue weighted by atomic mass is 35.5. The van der Waals surface area contributed by atoms with E-state index in [4.69, 9.17) is 16.3 Å². The number of hydrogen-bond acceptors (Lipinski definition) is 9. The average Bonchev–Trinajstić information content (AvgIpc) is 3.41. The number of carbonyl (C=O) groups excluding carboxylic acids is 4. The maximum absolute atomic E-state index is 13.8. The Hall–Kier alpha value is -3.03. The number of ether oxygens (including phenoxy) is 1. The van der Waals surface area contributed by atoms with Gasteiger partial charge in [-0.1, -0.05) is 76.3 Å². The number of nitrogens with zero attached hydrogens (tertiary/aromatic N) is 2. The van der Waals surface area contributed by atoms with Gasteiger partial charge in [-0.3, -0.25) is 14.4 Å². The fraction of sp³-hybridized carbons (Fsp3) is 0.645. The van der Waals surface area contributed by atoms with Crippen molar-refractivity contribution in [2.75, 3.05) is 11.9 Å². The molecule has 3 amide bonds. The summed E-state index contributed by atoms with van der Waals surface area (Å²) in [7, 11) is -3.95. The topological polar surface area (TPSA) is 163 Å². The Labute approximate surface area is 271 Å². The molecular formula is C31H46ClN5O7S. The molecule has 0 aliphatic carbocycles. The van der Waals surface area contributed by atoms with Crippen molar-refractivity contribution in [1.82, 2.24) is 15.0 Å². The first-order valence-electron chi connectivity index (χ1n) is 15.7. The number of halogens is 1. The van der Waals surface area contributed by atoms with Gasteiger partial charge in [0.15, 0.2) is 17.4 Å². The molecule has 1 fully saturated rings. The van der Waals surface area contributed by atoms with Crippen LogP contribution < -0.4 is 15.5 Å². The molecule has 2 aliphatic heterocycles. The van der Waals surface area contributed by atoms with Crippen LogP contribution in [0.1, 0.15) is 98.8 Å². The van der Waals surface area contributed by atoms with E-state index in [0.29, 0.717) is 17.0 Å². The van der Waals surface area contributed by atoms with E-state index in [9.17, 15) is 27.6 Å². The summed E-state index contributed by atoms with van der Waals surface area (Å²) >= 11 is 6.32. The molecule has 45 heavy (non-hydrogen) atoms. The Balaban J connectivity index is 1.69. The lowest BCUT2D eigenvalue weighted by Crippen LogP contribution is -2.56. The monoisotopic (exact) mass is 667 g/mol. The summed E-state index contributed by atoms with van der Waals surface area (Å²) in [5.41, 5.74) is 1.45. The van der Waals surface area contributed by atoms with Crippen LogP contribution in [0.2, 0.25) is 5.02 Å². The third kappa shape index (κ3) is 9.26. The minimum Gasteiger partial charge on any atom is -0.433 e. The van der Waals surface area contributed by atoms with Gasteiger partial charge < -0.3 is 15.5 Å². The molecule has 0 saturated carbocycles. The first kappa shape index (κ1) is 36.4. The molecule has 3 N–H and O–H groups in total. The summed E-state index contributed by atoms with van der Waals surface area (Å²) in [6, 6.07) is 1.35. The number of sulfonamides is 1. The van der Waals surface area contributed by atoms with Crippen LogP contribution in [0.25, 0.3) is 0 Å². The lowest BCUT2D eigenvalue weighted by molar-refractivity contribution is -0.143. The molecule has 1 aromatic rings. The van der Waals surface area contributed by atoms with E-state index in [-0.39, 0.29) is 22.2 Å². The molecule has 0 bridgehead atoms. The zero-order chi connectivity index (χ0) is 33.4. The number of carbonyl (C=O) groups is 4. The van der Waals surface area contributed by atoms with Gasteiger partial charge in [0.05, 0.1) is 27.6 Å². The van der Waals surface area contributed by atoms with Gasteiger partial charge in [0, 0.05) is 12.3 Å². The molecule has 250 valence electrons. The number of cyclic esters (lactones) is 1. The Bertz CT molecular complexity index is 1400. The number of nitrogens with one attached hydrogen (secondary N) is 3. The van der Waals surface area contributed by atoms with Crippen LogP contribution in [0.5, 0.6) is 0 Å². The molecule has 2 heterocycles. The summed E-state index contributed by atoms with van der Waals surface area (Å²) in [4.78, 5) is 53.7. The number of rotatable bonds is 18. The third-order valence-electron chi connectivity index (χ3n) is 8.08. The van der Waals surface area contributed by atoms with Gasteiger partial charge in [-0.25, -0.2) is 22.8 Å². The Morgan fingerprint density at radius 1 is 1.07 bits per heavy atom. The van der Waals surface area contributed by atoms with Crippen molar-refractivity contribution >= 4 is 56.7 Å². The molecule has 1 saturated heterocycles. The van der Waals surface area contributed by atoms with Crippen molar-refractivity contribution in [1.29, 1.82) is 0 Å². The van der Waals surface area contributed by atoms with Gasteiger partial charge in [0.25, 0.3) is 11.8 Å². The van der Waals surface area contributed by atoms with Gasteiger partial charge in [-0.05, 0) is 52.3 Å². The van der Waals surface area contributed by atoms with Gasteiger partial charge in [-0.15, -0.1) is 0 Å². The Morgan fingerprint density at radius 3 is 2.20 bits per heavy atom. The largest absolute Gasteiger partial charge is 0.433 e. The van der Waals surface area contributed by atoms with Gasteiger partial charge in [0.2, 0.25) is 10.0 Å². The standard InChI is InChI=1S/C31H46ClN5O7S/c1-6-7-8-9-10-11-12-13-14-15-18-33-45(42,43)22-16-17-23(32)24(19-22)34-28(39)26(27(38)25-20(2)35-36-21(25)3)37-29(40)31(4,5)44-30(37)41/h16-17,19-20,25-26,33,35H,6-15,18H2,1-5H3,(H,34,39). The van der Waals surface area contributed by atoms with E-state index < -0.39 is 57.3 Å². The molecule has 0 spiro atoms. The summed E-state index contributed by atoms with van der Waals surface area (Å²) < 4.78 is 33.8. The first-order chi connectivity index (χ1) is 21.2. The normalized spacial score (nSPS) is 20.0. The second kappa shape index (κ2) is 16.0. The van der Waals surface area contributed by atoms with Gasteiger partial charge >= 0.3 is 6.09 Å². The summed E-state index contributed by atoms with van der Waals surface area (Å²) in [6.45, 7) is 8.43. The van der Waals surface area contributed by atoms with E-state index >= 15 is 0 Å². The van der Waals surface area contributed by atoms with Crippen LogP contribution in [0.4, 0.5) is 10.5 Å². The van der Waals surface area contributed by atoms with E-state index in [1.54, 1.807) is 13.8 Å². The molecular weight excluding hydrogens is 622 g/mol. The van der Waals surface area contributed by atoms with Crippen LogP contribution in [-0.2, 0) is 29.1 Å². The maximum atomic E-state index is 13.8. The quantitative estimate of drug-likeness (QED) is 0.143. The second-order valence-electron chi connectivity index (χ2n) is 12.2. The smallest absolute Gasteiger partial charge is 0.418 e. The maximum Gasteiger partial charge on any atom is 0.418 e. The lowest BCUT2D eigenvalue weighted by atomic mass is 9.88. The molecule has 0 radical (unpaired) electrons. The summed E-state index contributed by atoms with van der Waals surface area (Å²) in [5.74, 6) is -3.59. The van der Waals surface area contributed by atoms with Crippen LogP contribution in [-0.4, -0.2) is 66.9 Å². The number of hydrazone groups is 1. The van der Waals surface area contributed by atoms with Crippen LogP contribution in [0, 0.1) is 5.92 Å². The number of benzene rings is 1. The first-order valence-corrected chi connectivity index (χ1v) is 17.6. The lowest BCUT2D eigenvalue weighted by Gasteiger charge is -2.26. The fourth-order valence-corrected chi connectivity index (χ4v) is 6.75. The van der Waals surface area contributed by atoms with Crippen molar-refractivity contribution in [3.8, 4) is 0 Å². The molecule has 0 aromatic heterocycles. The van der Waals surface area contributed by atoms with Crippen LogP contribution in [0.15, 0.2) is 28.2 Å². The van der Waals surface area contributed by atoms with Crippen molar-refractivity contribution in [2.45, 2.75) is 121 Å². The molecule has 3 unspecified atom stereocenters. The SMILES string of the molecule is CCCCCCCCCCCCNS(=O)(=O)c1ccc(Cl)c(NC(=O)C(C(=O)C2C(C)=NNC2C)N2C(=O)OC(C)(C)C2=O)c1. The second-order valence-corrected chi connectivity index (χ2v) is 14.4. The number of anilines is 1. The Morgan fingerprint density at radius 2 is 1.67 bits per heavy atom. The van der Waals surface area contributed by atoms with E-state index in [1.807, 2.05) is 0 Å². The average molecular weight is 668 g/mol. The van der Waals surface area contributed by atoms with E-state index in [2.05, 4.69) is 27.5 Å². The van der Waals surface area contributed by atoms with E-state index in [1.165, 1.54) is 70.6 Å². The van der Waals surface area contributed by atoms with Gasteiger partial charge in [0.1, 0.15) is 0 Å². The predicted octanol–water partition coefficient (Wildman–Crippen LogP) is 5.16. The third-order valence-corrected chi connectivity index (χ3v) is 9.87. The number of ketones is 1. The molecule has 3 atom stereocenters. The van der Waals surface area contributed by atoms with Crippen molar-refractivity contribution < 1.29 is 32.3 Å². The highest BCUT2D eigenvalue weighted by Crippen LogP contribution is 2.30. The number of imide groups is 1. The van der Waals surface area contributed by atoms with Crippen LogP contribution >= 0.6 is 11.6 Å². The zero-order valence-corrected chi connectivity index (χ0v) is 28.4. The number of amides is 3. The molecule has 1 aromatic carbocycles. The molecule has 12 nitrogen and oxygen atoms in total. The Kier molecular flexibility index (Phi) is 13.0. The van der Waals surface area contributed by atoms with Crippen molar-refractivity contribution in [3.63, 3.8) is 0 Å². The van der Waals surface area contributed by atoms with Gasteiger partial charge in [-0.2, -0.15) is 5.10 Å². The molecule has 3 rings (SSSR count). The minimum atomic E-state index is -3.95. The summed E-state index contributed by atoms with van der Waals surface area (Å²) in [5, 5.41) is 6.51. The highest BCUT2D eigenvalue weighted by molar-refractivity contribution is 7.89. The zero-order valence-electron chi connectivity index (χ0n) is 26.8. The highest BCUT2D eigenvalue weighted by Gasteiger charge is 2.55. The number of unbranched alkanes of at least 4 members (excludes halogenated alkanes) is 9.